The Hall–Kier alpha value is -10.5. The molecule has 448 valence electrons. The molecule has 2 aliphatic rings. The molecule has 3 amide bonds. The van der Waals surface area contributed by atoms with Crippen LogP contribution in [-0.2, 0) is 42.1 Å². The predicted molar refractivity (Wildman–Crippen MR) is 347 cm³/mol. The van der Waals surface area contributed by atoms with Crippen LogP contribution in [0.25, 0.3) is 55.0 Å². The summed E-state index contributed by atoms with van der Waals surface area (Å²) in [5.41, 5.74) is 17.6. The Kier molecular flexibility index (Phi) is 18.1. The SMILES string of the molecule is CC(C)Cn1cc(C#N)c2cc(Nc3ccc(NC(=O)[C@@H]4CCCN4)cc3)ccc21.Cn1cc(-c2c[nH]c3ccc(Oc4ccc(NC(=O)CN)cc4)cc23)cn1.Cn1cc(-c2cn(C)c3ccc(Oc4ccc(NC(=O)[C@@H]5CCCN5)cc4)cc23)cn1. The van der Waals surface area contributed by atoms with Crippen molar-refractivity contribution >= 4 is 78.9 Å². The maximum absolute atomic E-state index is 12.3. The van der Waals surface area contributed by atoms with Crippen LogP contribution in [0, 0.1) is 17.2 Å². The summed E-state index contributed by atoms with van der Waals surface area (Å²) in [5.74, 6) is 3.20. The number of nitrogens with two attached hydrogens (primary N) is 1. The van der Waals surface area contributed by atoms with Crippen molar-refractivity contribution in [2.45, 2.75) is 58.2 Å². The van der Waals surface area contributed by atoms with Gasteiger partial charge in [0.2, 0.25) is 17.7 Å². The number of aromatic amines is 1. The topological polar surface area (TPSA) is 253 Å². The van der Waals surface area contributed by atoms with E-state index in [1.165, 1.54) is 0 Å². The van der Waals surface area contributed by atoms with E-state index < -0.39 is 0 Å². The van der Waals surface area contributed by atoms with Crippen LogP contribution in [0.2, 0.25) is 0 Å². The molecule has 7 heterocycles. The first-order valence-corrected chi connectivity index (χ1v) is 29.4. The van der Waals surface area contributed by atoms with Gasteiger partial charge in [0.05, 0.1) is 36.6 Å². The highest BCUT2D eigenvalue weighted by atomic mass is 16.5. The van der Waals surface area contributed by atoms with E-state index in [0.717, 1.165) is 140 Å². The normalized spacial score (nSPS) is 14.4. The van der Waals surface area contributed by atoms with Crippen LogP contribution in [0.3, 0.4) is 0 Å². The Bertz CT molecular complexity index is 4290. The van der Waals surface area contributed by atoms with Gasteiger partial charge in [-0.3, -0.25) is 23.7 Å². The number of ether oxygens (including phenoxy) is 2. The molecule has 11 aromatic rings. The molecule has 9 N–H and O–H groups in total. The van der Waals surface area contributed by atoms with E-state index in [2.05, 4.69) is 101 Å². The number of carbonyl (C=O) groups excluding carboxylic acids is 3. The first kappa shape index (κ1) is 59.3. The first-order chi connectivity index (χ1) is 42.7. The van der Waals surface area contributed by atoms with Crippen molar-refractivity contribution in [3.8, 4) is 51.3 Å². The van der Waals surface area contributed by atoms with Crippen LogP contribution in [0.1, 0.15) is 45.1 Å². The number of anilines is 5. The fourth-order valence-electron chi connectivity index (χ4n) is 11.0. The largest absolute Gasteiger partial charge is 0.457 e. The van der Waals surface area contributed by atoms with Crippen molar-refractivity contribution in [3.05, 3.63) is 176 Å². The van der Waals surface area contributed by atoms with Gasteiger partial charge in [-0.15, -0.1) is 0 Å². The van der Waals surface area contributed by atoms with Crippen LogP contribution >= 0.6 is 0 Å². The molecule has 20 heteroatoms. The van der Waals surface area contributed by atoms with Crippen LogP contribution in [0.15, 0.2) is 171 Å². The zero-order valence-corrected chi connectivity index (χ0v) is 49.8. The Morgan fingerprint density at radius 3 is 1.68 bits per heavy atom. The van der Waals surface area contributed by atoms with Crippen molar-refractivity contribution in [2.75, 3.05) is 40.9 Å². The molecule has 2 saturated heterocycles. The molecular weight excluding hydrogens is 1110 g/mol. The quantitative estimate of drug-likeness (QED) is 0.0450. The fourth-order valence-corrected chi connectivity index (χ4v) is 11.0. The molecule has 0 spiro atoms. The Labute approximate surface area is 509 Å². The number of H-pyrrole nitrogens is 1. The monoisotopic (exact) mass is 1180 g/mol. The van der Waals surface area contributed by atoms with E-state index >= 15 is 0 Å². The summed E-state index contributed by atoms with van der Waals surface area (Å²) < 4.78 is 19.9. The summed E-state index contributed by atoms with van der Waals surface area (Å²) >= 11 is 0. The van der Waals surface area contributed by atoms with Gasteiger partial charge >= 0.3 is 0 Å². The van der Waals surface area contributed by atoms with Gasteiger partial charge in [-0.1, -0.05) is 13.8 Å². The zero-order chi connectivity index (χ0) is 61.3. The van der Waals surface area contributed by atoms with Gasteiger partial charge in [-0.05, 0) is 172 Å². The smallest absolute Gasteiger partial charge is 0.241 e. The van der Waals surface area contributed by atoms with Crippen LogP contribution in [0.4, 0.5) is 28.4 Å². The highest BCUT2D eigenvalue weighted by Gasteiger charge is 2.23. The summed E-state index contributed by atoms with van der Waals surface area (Å²) in [6.45, 7) is 6.98. The van der Waals surface area contributed by atoms with Gasteiger partial charge in [-0.2, -0.15) is 15.5 Å². The van der Waals surface area contributed by atoms with E-state index in [4.69, 9.17) is 15.2 Å². The molecule has 13 rings (SSSR count). The number of aromatic nitrogens is 7. The molecule has 0 aliphatic carbocycles. The third-order valence-electron chi connectivity index (χ3n) is 15.3. The molecule has 2 aliphatic heterocycles. The van der Waals surface area contributed by atoms with E-state index in [-0.39, 0.29) is 36.3 Å². The lowest BCUT2D eigenvalue weighted by Crippen LogP contribution is -2.35. The standard InChI is InChI=1S/C24H25N5O2.C24H27N5O.C20H19N5O2/c1-28-15-21(16-13-26-29(2)14-16)20-12-19(9-10-23(20)28)31-18-7-5-17(6-8-18)27-24(30)22-4-3-11-25-22;1-16(2)14-29-15-17(13-25)21-12-20(9-10-23(21)29)27-18-5-7-19(8-6-18)28-24(30)22-4-3-11-26-22;1-25-12-13(10-23-25)18-11-22-19-7-6-16(8-17(18)19)27-15-4-2-14(3-5-15)24-20(26)9-21/h5-10,12-15,22,25H,3-4,11H2,1-2H3,(H,27,30);5-10,12,15-16,22,26-27H,3-4,11,14H2,1-2H3,(H,28,30);2-8,10-12,22H,9,21H2,1H3,(H,24,26)/t2*22-;/m00./s1. The number of hydrogen-bond donors (Lipinski definition) is 8. The molecule has 0 bridgehead atoms. The summed E-state index contributed by atoms with van der Waals surface area (Å²) in [6, 6.07) is 42.5. The molecular formula is C68H71N15O5. The second kappa shape index (κ2) is 26.9. The van der Waals surface area contributed by atoms with Gasteiger partial charge in [0.15, 0.2) is 0 Å². The number of nitriles is 1. The van der Waals surface area contributed by atoms with Gasteiger partial charge in [0.25, 0.3) is 0 Å². The van der Waals surface area contributed by atoms with Crippen LogP contribution in [0.5, 0.6) is 23.0 Å². The molecule has 6 aromatic carbocycles. The lowest BCUT2D eigenvalue weighted by atomic mass is 10.1. The van der Waals surface area contributed by atoms with Crippen molar-refractivity contribution < 1.29 is 23.9 Å². The maximum atomic E-state index is 12.3. The average Bonchev–Trinajstić information content (AvgIpc) is 2.08. The minimum absolute atomic E-state index is 0.0172. The number of amides is 3. The van der Waals surface area contributed by atoms with Gasteiger partial charge in [0, 0.05) is 142 Å². The van der Waals surface area contributed by atoms with Crippen molar-refractivity contribution in [1.29, 1.82) is 5.26 Å². The van der Waals surface area contributed by atoms with Crippen molar-refractivity contribution in [1.82, 2.24) is 44.3 Å². The molecule has 0 saturated carbocycles. The number of nitrogens with one attached hydrogen (secondary N) is 7. The molecule has 0 unspecified atom stereocenters. The van der Waals surface area contributed by atoms with E-state index in [9.17, 15) is 19.6 Å². The Morgan fingerprint density at radius 1 is 0.614 bits per heavy atom. The average molecular weight is 1180 g/mol. The summed E-state index contributed by atoms with van der Waals surface area (Å²) in [5, 5.41) is 39.6. The lowest BCUT2D eigenvalue weighted by Gasteiger charge is -2.12. The lowest BCUT2D eigenvalue weighted by molar-refractivity contribution is -0.118. The molecule has 88 heavy (non-hydrogen) atoms. The number of carbonyl (C=O) groups is 3. The summed E-state index contributed by atoms with van der Waals surface area (Å²) in [7, 11) is 5.85. The van der Waals surface area contributed by atoms with E-state index in [0.29, 0.717) is 22.9 Å². The predicted octanol–water partition coefficient (Wildman–Crippen LogP) is 11.9. The highest BCUT2D eigenvalue weighted by molar-refractivity contribution is 5.99. The molecule has 20 nitrogen and oxygen atoms in total. The third kappa shape index (κ3) is 14.3. The van der Waals surface area contributed by atoms with E-state index in [1.54, 1.807) is 33.6 Å². The first-order valence-electron chi connectivity index (χ1n) is 29.4. The van der Waals surface area contributed by atoms with Gasteiger partial charge in [0.1, 0.15) is 29.1 Å². The van der Waals surface area contributed by atoms with Crippen LogP contribution < -0.4 is 47.1 Å². The maximum Gasteiger partial charge on any atom is 0.241 e. The Balaban J connectivity index is 0.000000137. The number of aryl methyl sites for hydroxylation is 3. The summed E-state index contributed by atoms with van der Waals surface area (Å²) in [6.07, 6.45) is 17.6. The van der Waals surface area contributed by atoms with Gasteiger partial charge in [-0.25, -0.2) is 0 Å². The second-order valence-corrected chi connectivity index (χ2v) is 22.5. The van der Waals surface area contributed by atoms with Crippen molar-refractivity contribution in [3.63, 3.8) is 0 Å². The molecule has 0 radical (unpaired) electrons. The van der Waals surface area contributed by atoms with Crippen molar-refractivity contribution in [2.24, 2.45) is 32.8 Å². The minimum atomic E-state index is -0.232. The minimum Gasteiger partial charge on any atom is -0.457 e. The third-order valence-corrected chi connectivity index (χ3v) is 15.3. The second-order valence-electron chi connectivity index (χ2n) is 22.5. The molecule has 2 atom stereocenters. The van der Waals surface area contributed by atoms with Gasteiger partial charge < -0.3 is 61.2 Å². The summed E-state index contributed by atoms with van der Waals surface area (Å²) in [4.78, 5) is 39.1. The molecule has 2 fully saturated rings. The zero-order valence-electron chi connectivity index (χ0n) is 49.8. The molecule has 5 aromatic heterocycles. The number of fused-ring (bicyclic) bond motifs is 3. The van der Waals surface area contributed by atoms with E-state index in [1.807, 2.05) is 143 Å². The number of hydrogen-bond acceptors (Lipinski definition) is 12. The number of nitrogens with zero attached hydrogens (tertiary/aromatic N) is 7. The highest BCUT2D eigenvalue weighted by Crippen LogP contribution is 2.36. The number of rotatable bonds is 16. The Morgan fingerprint density at radius 2 is 1.14 bits per heavy atom. The van der Waals surface area contributed by atoms with Crippen LogP contribution in [-0.4, -0.2) is 83.1 Å². The number of benzene rings is 6. The fraction of sp³-hybridized carbons (Fsp3) is 0.235.